The van der Waals surface area contributed by atoms with Crippen LogP contribution in [0.3, 0.4) is 0 Å². The van der Waals surface area contributed by atoms with Crippen molar-refractivity contribution in [2.45, 2.75) is 20.8 Å². The number of aliphatic hydroxyl groups excluding tert-OH is 1. The molecule has 1 fully saturated rings. The van der Waals surface area contributed by atoms with Crippen LogP contribution in [0.1, 0.15) is 20.8 Å². The van der Waals surface area contributed by atoms with Crippen LogP contribution in [0.2, 0.25) is 0 Å². The highest BCUT2D eigenvalue weighted by Crippen LogP contribution is 2.35. The molecule has 0 atom stereocenters. The number of aliphatic hydroxyl groups is 1. The first-order valence-corrected chi connectivity index (χ1v) is 5.05. The molecular weight excluding hydrogens is 202 g/mol. The van der Waals surface area contributed by atoms with Gasteiger partial charge in [-0.1, -0.05) is 20.8 Å². The molecule has 0 spiro atoms. The number of carbonyl (C=O) groups is 2. The van der Waals surface area contributed by atoms with Crippen LogP contribution in [0.25, 0.3) is 0 Å². The van der Waals surface area contributed by atoms with Gasteiger partial charge in [-0.25, -0.2) is 0 Å². The fourth-order valence-electron chi connectivity index (χ4n) is 1.16. The van der Waals surface area contributed by atoms with Crippen molar-refractivity contribution in [1.29, 1.82) is 0 Å². The SMILES string of the molecule is CC(C)(C)/C(CO)=C1\SC(=O)NC1=O. The van der Waals surface area contributed by atoms with Crippen LogP contribution in [-0.4, -0.2) is 22.9 Å². The summed E-state index contributed by atoms with van der Waals surface area (Å²) in [5.74, 6) is -0.404. The predicted octanol–water partition coefficient (Wildman–Crippen LogP) is 1.26. The molecule has 1 rings (SSSR count). The van der Waals surface area contributed by atoms with E-state index in [2.05, 4.69) is 5.32 Å². The molecule has 2 N–H and O–H groups in total. The Morgan fingerprint density at radius 3 is 2.29 bits per heavy atom. The average Bonchev–Trinajstić information content (AvgIpc) is 2.29. The second-order valence-corrected chi connectivity index (χ2v) is 5.04. The fraction of sp³-hybridized carbons (Fsp3) is 0.556. The molecule has 1 aliphatic heterocycles. The third kappa shape index (κ3) is 2.16. The van der Waals surface area contributed by atoms with Crippen molar-refractivity contribution >= 4 is 22.9 Å². The van der Waals surface area contributed by atoms with E-state index in [1.165, 1.54) is 0 Å². The van der Waals surface area contributed by atoms with Gasteiger partial charge >= 0.3 is 0 Å². The molecule has 5 heteroatoms. The van der Waals surface area contributed by atoms with Gasteiger partial charge in [0.15, 0.2) is 0 Å². The lowest BCUT2D eigenvalue weighted by Gasteiger charge is -2.22. The van der Waals surface area contributed by atoms with Crippen LogP contribution >= 0.6 is 11.8 Å². The summed E-state index contributed by atoms with van der Waals surface area (Å²) in [6.07, 6.45) is 0. The molecular formula is C9H13NO3S. The molecule has 0 unspecified atom stereocenters. The molecule has 0 aromatic rings. The molecule has 0 aliphatic carbocycles. The predicted molar refractivity (Wildman–Crippen MR) is 54.7 cm³/mol. The molecule has 14 heavy (non-hydrogen) atoms. The Kier molecular flexibility index (Phi) is 3.01. The summed E-state index contributed by atoms with van der Waals surface area (Å²) >= 11 is 0.853. The molecule has 0 bridgehead atoms. The highest BCUT2D eigenvalue weighted by atomic mass is 32.2. The quantitative estimate of drug-likeness (QED) is 0.646. The van der Waals surface area contributed by atoms with Gasteiger partial charge in [-0.05, 0) is 22.7 Å². The van der Waals surface area contributed by atoms with Crippen molar-refractivity contribution in [2.75, 3.05) is 6.61 Å². The number of amides is 2. The van der Waals surface area contributed by atoms with E-state index in [9.17, 15) is 9.59 Å². The number of nitrogens with one attached hydrogen (secondary N) is 1. The Morgan fingerprint density at radius 1 is 1.43 bits per heavy atom. The minimum Gasteiger partial charge on any atom is -0.392 e. The number of thioether (sulfide) groups is 1. The maximum Gasteiger partial charge on any atom is 0.290 e. The Morgan fingerprint density at radius 2 is 2.00 bits per heavy atom. The van der Waals surface area contributed by atoms with Gasteiger partial charge in [0.05, 0.1) is 11.5 Å². The van der Waals surface area contributed by atoms with Gasteiger partial charge in [-0.15, -0.1) is 0 Å². The average molecular weight is 215 g/mol. The van der Waals surface area contributed by atoms with Crippen molar-refractivity contribution in [1.82, 2.24) is 5.32 Å². The number of imide groups is 1. The van der Waals surface area contributed by atoms with Gasteiger partial charge < -0.3 is 5.11 Å². The van der Waals surface area contributed by atoms with E-state index >= 15 is 0 Å². The van der Waals surface area contributed by atoms with Gasteiger partial charge in [0.2, 0.25) is 0 Å². The third-order valence-electron chi connectivity index (χ3n) is 1.95. The molecule has 1 saturated heterocycles. The van der Waals surface area contributed by atoms with Gasteiger partial charge in [0.1, 0.15) is 0 Å². The largest absolute Gasteiger partial charge is 0.392 e. The minimum atomic E-state index is -0.404. The first-order valence-electron chi connectivity index (χ1n) is 4.24. The van der Waals surface area contributed by atoms with E-state index in [1.807, 2.05) is 20.8 Å². The lowest BCUT2D eigenvalue weighted by Crippen LogP contribution is -2.22. The first-order chi connectivity index (χ1) is 6.36. The molecule has 78 valence electrons. The highest BCUT2D eigenvalue weighted by molar-refractivity contribution is 8.18. The normalized spacial score (nSPS) is 21.1. The van der Waals surface area contributed by atoms with Crippen LogP contribution < -0.4 is 5.32 Å². The summed E-state index contributed by atoms with van der Waals surface area (Å²) in [4.78, 5) is 22.6. The van der Waals surface area contributed by atoms with Crippen LogP contribution in [0.5, 0.6) is 0 Å². The summed E-state index contributed by atoms with van der Waals surface area (Å²) in [7, 11) is 0. The van der Waals surface area contributed by atoms with E-state index in [0.717, 1.165) is 11.8 Å². The molecule has 4 nitrogen and oxygen atoms in total. The standard InChI is InChI=1S/C9H13NO3S/c1-9(2,3)5(4-11)6-7(12)10-8(13)14-6/h11H,4H2,1-3H3,(H,10,12,13)/b6-5-. The topological polar surface area (TPSA) is 66.4 Å². The number of hydrogen-bond donors (Lipinski definition) is 2. The Hall–Kier alpha value is -0.810. The van der Waals surface area contributed by atoms with Crippen LogP contribution in [-0.2, 0) is 4.79 Å². The van der Waals surface area contributed by atoms with Gasteiger partial charge in [-0.2, -0.15) is 0 Å². The minimum absolute atomic E-state index is 0.202. The van der Waals surface area contributed by atoms with Crippen molar-refractivity contribution in [3.8, 4) is 0 Å². The Labute approximate surface area is 86.8 Å². The number of carbonyl (C=O) groups excluding carboxylic acids is 2. The second kappa shape index (κ2) is 3.74. The van der Waals surface area contributed by atoms with Gasteiger partial charge in [0, 0.05) is 0 Å². The van der Waals surface area contributed by atoms with Gasteiger partial charge in [-0.3, -0.25) is 14.9 Å². The van der Waals surface area contributed by atoms with Crippen LogP contribution in [0.15, 0.2) is 10.5 Å². The van der Waals surface area contributed by atoms with Crippen molar-refractivity contribution in [2.24, 2.45) is 5.41 Å². The molecule has 1 aliphatic rings. The fourth-order valence-corrected chi connectivity index (χ4v) is 2.13. The van der Waals surface area contributed by atoms with E-state index < -0.39 is 5.91 Å². The summed E-state index contributed by atoms with van der Waals surface area (Å²) in [6.45, 7) is 5.47. The van der Waals surface area contributed by atoms with Crippen LogP contribution in [0.4, 0.5) is 4.79 Å². The lowest BCUT2D eigenvalue weighted by molar-refractivity contribution is -0.115. The molecule has 0 aromatic heterocycles. The van der Waals surface area contributed by atoms with Crippen molar-refractivity contribution < 1.29 is 14.7 Å². The second-order valence-electron chi connectivity index (χ2n) is 4.06. The lowest BCUT2D eigenvalue weighted by atomic mass is 9.86. The zero-order chi connectivity index (χ0) is 10.9. The summed E-state index contributed by atoms with van der Waals surface area (Å²) in [6, 6.07) is 0. The van der Waals surface area contributed by atoms with E-state index in [-0.39, 0.29) is 17.3 Å². The third-order valence-corrected chi connectivity index (χ3v) is 2.88. The van der Waals surface area contributed by atoms with E-state index in [1.54, 1.807) is 0 Å². The van der Waals surface area contributed by atoms with Crippen molar-refractivity contribution in [3.05, 3.63) is 10.5 Å². The smallest absolute Gasteiger partial charge is 0.290 e. The first kappa shape index (κ1) is 11.3. The maximum atomic E-state index is 11.3. The zero-order valence-electron chi connectivity index (χ0n) is 8.38. The highest BCUT2D eigenvalue weighted by Gasteiger charge is 2.32. The maximum absolute atomic E-state index is 11.3. The van der Waals surface area contributed by atoms with Crippen LogP contribution in [0, 0.1) is 5.41 Å². The van der Waals surface area contributed by atoms with E-state index in [4.69, 9.17) is 5.11 Å². The molecule has 2 amide bonds. The summed E-state index contributed by atoms with van der Waals surface area (Å²) < 4.78 is 0. The Balaban J connectivity index is 3.13. The molecule has 0 radical (unpaired) electrons. The number of rotatable bonds is 1. The summed E-state index contributed by atoms with van der Waals surface area (Å²) in [5, 5.41) is 11.0. The monoisotopic (exact) mass is 215 g/mol. The van der Waals surface area contributed by atoms with Gasteiger partial charge in [0.25, 0.3) is 11.1 Å². The van der Waals surface area contributed by atoms with E-state index in [0.29, 0.717) is 10.5 Å². The Bertz CT molecular complexity index is 315. The molecule has 0 saturated carbocycles. The summed E-state index contributed by atoms with van der Waals surface area (Å²) in [5.41, 5.74) is 0.296. The molecule has 1 heterocycles. The zero-order valence-corrected chi connectivity index (χ0v) is 9.20. The molecule has 0 aromatic carbocycles. The number of hydrogen-bond acceptors (Lipinski definition) is 4. The van der Waals surface area contributed by atoms with Crippen molar-refractivity contribution in [3.63, 3.8) is 0 Å².